The first kappa shape index (κ1) is 15.3. The third-order valence-corrected chi connectivity index (χ3v) is 4.46. The van der Waals surface area contributed by atoms with Gasteiger partial charge in [-0.15, -0.1) is 0 Å². The summed E-state index contributed by atoms with van der Waals surface area (Å²) in [7, 11) is 0. The average molecular weight is 302 g/mol. The summed E-state index contributed by atoms with van der Waals surface area (Å²) in [5.74, 6) is 1.35. The van der Waals surface area contributed by atoms with Gasteiger partial charge in [-0.1, -0.05) is 30.3 Å². The normalized spacial score (nSPS) is 26.7. The zero-order chi connectivity index (χ0) is 15.7. The molecule has 1 aliphatic heterocycles. The van der Waals surface area contributed by atoms with Gasteiger partial charge in [-0.2, -0.15) is 0 Å². The molecule has 3 rings (SSSR count). The minimum atomic E-state index is -0.425. The molecular weight excluding hydrogens is 276 g/mol. The Morgan fingerprint density at radius 2 is 2.05 bits per heavy atom. The lowest BCUT2D eigenvalue weighted by Gasteiger charge is -2.30. The number of carbonyl (C=O) groups is 1. The van der Waals surface area contributed by atoms with Crippen LogP contribution in [0.1, 0.15) is 32.8 Å². The Kier molecular flexibility index (Phi) is 4.13. The summed E-state index contributed by atoms with van der Waals surface area (Å²) < 4.78 is 5.54. The van der Waals surface area contributed by atoms with Crippen LogP contribution in [0.2, 0.25) is 0 Å². The third kappa shape index (κ3) is 3.61. The quantitative estimate of drug-likeness (QED) is 0.929. The van der Waals surface area contributed by atoms with Crippen LogP contribution in [-0.2, 0) is 11.3 Å². The maximum absolute atomic E-state index is 12.3. The SMILES string of the molecule is CC(C)(C)OC(=O)N1C[C@@H]2C[C@@H]2[C@H]1CNCc1ccccc1. The monoisotopic (exact) mass is 302 g/mol. The maximum atomic E-state index is 12.3. The summed E-state index contributed by atoms with van der Waals surface area (Å²) in [5, 5.41) is 3.50. The number of hydrogen-bond donors (Lipinski definition) is 1. The van der Waals surface area contributed by atoms with Gasteiger partial charge in [0.2, 0.25) is 0 Å². The molecule has 1 saturated carbocycles. The van der Waals surface area contributed by atoms with E-state index in [1.807, 2.05) is 31.7 Å². The number of nitrogens with one attached hydrogen (secondary N) is 1. The van der Waals surface area contributed by atoms with E-state index < -0.39 is 5.60 Å². The van der Waals surface area contributed by atoms with Crippen molar-refractivity contribution in [1.29, 1.82) is 0 Å². The lowest BCUT2D eigenvalue weighted by atomic mass is 10.1. The molecule has 22 heavy (non-hydrogen) atoms. The van der Waals surface area contributed by atoms with Gasteiger partial charge in [0.25, 0.3) is 0 Å². The Labute approximate surface area is 132 Å². The van der Waals surface area contributed by atoms with Crippen LogP contribution in [0.4, 0.5) is 4.79 Å². The maximum Gasteiger partial charge on any atom is 0.410 e. The van der Waals surface area contributed by atoms with Crippen molar-refractivity contribution in [2.45, 2.75) is 45.4 Å². The molecule has 1 amide bonds. The predicted octanol–water partition coefficient (Wildman–Crippen LogP) is 3.03. The van der Waals surface area contributed by atoms with Crippen LogP contribution >= 0.6 is 0 Å². The number of likely N-dealkylation sites (tertiary alicyclic amines) is 1. The lowest BCUT2D eigenvalue weighted by Crippen LogP contribution is -2.46. The minimum absolute atomic E-state index is 0.161. The van der Waals surface area contributed by atoms with Crippen molar-refractivity contribution >= 4 is 6.09 Å². The van der Waals surface area contributed by atoms with Crippen molar-refractivity contribution < 1.29 is 9.53 Å². The fourth-order valence-corrected chi connectivity index (χ4v) is 3.32. The molecule has 1 aromatic rings. The fourth-order valence-electron chi connectivity index (χ4n) is 3.32. The fraction of sp³-hybridized carbons (Fsp3) is 0.611. The first-order valence-corrected chi connectivity index (χ1v) is 8.18. The molecule has 2 aliphatic rings. The van der Waals surface area contributed by atoms with Gasteiger partial charge in [-0.3, -0.25) is 0 Å². The molecule has 0 bridgehead atoms. The number of carbonyl (C=O) groups excluding carboxylic acids is 1. The van der Waals surface area contributed by atoms with E-state index in [4.69, 9.17) is 4.74 Å². The first-order chi connectivity index (χ1) is 10.4. The molecule has 4 nitrogen and oxygen atoms in total. The Hall–Kier alpha value is -1.55. The van der Waals surface area contributed by atoms with Gasteiger partial charge in [0.1, 0.15) is 5.60 Å². The summed E-state index contributed by atoms with van der Waals surface area (Å²) in [6, 6.07) is 10.6. The van der Waals surface area contributed by atoms with E-state index in [1.165, 1.54) is 12.0 Å². The molecule has 120 valence electrons. The van der Waals surface area contributed by atoms with Gasteiger partial charge >= 0.3 is 6.09 Å². The number of benzene rings is 1. The van der Waals surface area contributed by atoms with Crippen LogP contribution < -0.4 is 5.32 Å². The van der Waals surface area contributed by atoms with Gasteiger partial charge in [0.05, 0.1) is 6.04 Å². The van der Waals surface area contributed by atoms with Crippen LogP contribution in [-0.4, -0.2) is 35.7 Å². The molecule has 1 aliphatic carbocycles. The van der Waals surface area contributed by atoms with Crippen LogP contribution in [0, 0.1) is 11.8 Å². The van der Waals surface area contributed by atoms with E-state index in [0.717, 1.165) is 19.6 Å². The Morgan fingerprint density at radius 3 is 2.73 bits per heavy atom. The van der Waals surface area contributed by atoms with E-state index in [-0.39, 0.29) is 12.1 Å². The highest BCUT2D eigenvalue weighted by atomic mass is 16.6. The Morgan fingerprint density at radius 1 is 1.32 bits per heavy atom. The molecule has 3 atom stereocenters. The molecule has 1 heterocycles. The second kappa shape index (κ2) is 5.92. The van der Waals surface area contributed by atoms with Crippen molar-refractivity contribution in [1.82, 2.24) is 10.2 Å². The van der Waals surface area contributed by atoms with Gasteiger partial charge in [0, 0.05) is 19.6 Å². The molecule has 1 aromatic carbocycles. The summed E-state index contributed by atoms with van der Waals surface area (Å²) in [4.78, 5) is 14.3. The molecule has 0 spiro atoms. The molecule has 1 N–H and O–H groups in total. The summed E-state index contributed by atoms with van der Waals surface area (Å²) >= 11 is 0. The number of piperidine rings is 1. The van der Waals surface area contributed by atoms with Gasteiger partial charge in [-0.25, -0.2) is 4.79 Å². The molecule has 4 heteroatoms. The number of amides is 1. The van der Waals surface area contributed by atoms with Crippen LogP contribution in [0.5, 0.6) is 0 Å². The first-order valence-electron chi connectivity index (χ1n) is 8.18. The number of hydrogen-bond acceptors (Lipinski definition) is 3. The second-order valence-corrected chi connectivity index (χ2v) is 7.48. The summed E-state index contributed by atoms with van der Waals surface area (Å²) in [6.07, 6.45) is 1.10. The van der Waals surface area contributed by atoms with Crippen molar-refractivity contribution in [3.63, 3.8) is 0 Å². The molecule has 0 unspecified atom stereocenters. The standard InChI is InChI=1S/C18H26N2O2/c1-18(2,3)22-17(21)20-12-14-9-15(14)16(20)11-19-10-13-7-5-4-6-8-13/h4-8,14-16,19H,9-12H2,1-3H3/t14-,15-,16+/m0/s1. The van der Waals surface area contributed by atoms with E-state index >= 15 is 0 Å². The molecule has 0 radical (unpaired) electrons. The Bertz CT molecular complexity index is 524. The van der Waals surface area contributed by atoms with E-state index in [9.17, 15) is 4.79 Å². The van der Waals surface area contributed by atoms with Crippen molar-refractivity contribution in [3.05, 3.63) is 35.9 Å². The third-order valence-electron chi connectivity index (χ3n) is 4.46. The van der Waals surface area contributed by atoms with Gasteiger partial charge < -0.3 is 15.0 Å². The second-order valence-electron chi connectivity index (χ2n) is 7.48. The van der Waals surface area contributed by atoms with Gasteiger partial charge in [0.15, 0.2) is 0 Å². The van der Waals surface area contributed by atoms with Crippen molar-refractivity contribution in [2.24, 2.45) is 11.8 Å². The lowest BCUT2D eigenvalue weighted by molar-refractivity contribution is 0.0193. The zero-order valence-electron chi connectivity index (χ0n) is 13.7. The highest BCUT2D eigenvalue weighted by Gasteiger charge is 2.54. The molecular formula is C18H26N2O2. The largest absolute Gasteiger partial charge is 0.444 e. The molecule has 2 fully saturated rings. The average Bonchev–Trinajstić information content (AvgIpc) is 3.13. The van der Waals surface area contributed by atoms with E-state index in [1.54, 1.807) is 0 Å². The van der Waals surface area contributed by atoms with Gasteiger partial charge in [-0.05, 0) is 44.6 Å². The molecule has 1 saturated heterocycles. The summed E-state index contributed by atoms with van der Waals surface area (Å²) in [6.45, 7) is 8.31. The molecule has 0 aromatic heterocycles. The number of ether oxygens (including phenoxy) is 1. The van der Waals surface area contributed by atoms with E-state index in [0.29, 0.717) is 11.8 Å². The van der Waals surface area contributed by atoms with Crippen LogP contribution in [0.3, 0.4) is 0 Å². The van der Waals surface area contributed by atoms with Crippen molar-refractivity contribution in [3.8, 4) is 0 Å². The van der Waals surface area contributed by atoms with Crippen LogP contribution in [0.15, 0.2) is 30.3 Å². The predicted molar refractivity (Wildman–Crippen MR) is 86.5 cm³/mol. The van der Waals surface area contributed by atoms with E-state index in [2.05, 4.69) is 29.6 Å². The highest BCUT2D eigenvalue weighted by Crippen LogP contribution is 2.49. The highest BCUT2D eigenvalue weighted by molar-refractivity contribution is 5.69. The zero-order valence-corrected chi connectivity index (χ0v) is 13.7. The number of rotatable bonds is 4. The van der Waals surface area contributed by atoms with Crippen LogP contribution in [0.25, 0.3) is 0 Å². The number of nitrogens with zero attached hydrogens (tertiary/aromatic N) is 1. The topological polar surface area (TPSA) is 41.6 Å². The Balaban J connectivity index is 1.53. The smallest absolute Gasteiger partial charge is 0.410 e. The van der Waals surface area contributed by atoms with Crippen molar-refractivity contribution in [2.75, 3.05) is 13.1 Å². The minimum Gasteiger partial charge on any atom is -0.444 e. The summed E-state index contributed by atoms with van der Waals surface area (Å²) in [5.41, 5.74) is 0.850. The number of fused-ring (bicyclic) bond motifs is 1.